The minimum Gasteiger partial charge on any atom is -0.326 e. The number of nitrogens with one attached hydrogen (secondary N) is 1. The van der Waals surface area contributed by atoms with Gasteiger partial charge in [-0.25, -0.2) is 21.9 Å². The predicted molar refractivity (Wildman–Crippen MR) is 74.7 cm³/mol. The van der Waals surface area contributed by atoms with Crippen LogP contribution < -0.4 is 10.5 Å². The van der Waals surface area contributed by atoms with Gasteiger partial charge in [0.15, 0.2) is 0 Å². The molecule has 0 aromatic heterocycles. The molecule has 0 bridgehead atoms. The van der Waals surface area contributed by atoms with Gasteiger partial charge < -0.3 is 5.73 Å². The minimum absolute atomic E-state index is 0.00397. The third kappa shape index (κ3) is 3.84. The van der Waals surface area contributed by atoms with Gasteiger partial charge in [0.2, 0.25) is 10.0 Å². The fourth-order valence-electron chi connectivity index (χ4n) is 1.74. The van der Waals surface area contributed by atoms with E-state index < -0.39 is 26.6 Å². The SMILES string of the molecule is NCc1ccc(CNS(=O)(=O)c2ccc(F)cc2F)cc1. The molecule has 0 radical (unpaired) electrons. The second-order valence-corrected chi connectivity index (χ2v) is 6.16. The highest BCUT2D eigenvalue weighted by molar-refractivity contribution is 7.89. The Hall–Kier alpha value is -1.83. The highest BCUT2D eigenvalue weighted by Crippen LogP contribution is 2.15. The molecule has 0 aliphatic carbocycles. The molecule has 0 amide bonds. The molecule has 2 aromatic rings. The van der Waals surface area contributed by atoms with Crippen LogP contribution >= 0.6 is 0 Å². The number of halogens is 2. The van der Waals surface area contributed by atoms with Crippen molar-refractivity contribution < 1.29 is 17.2 Å². The van der Waals surface area contributed by atoms with Crippen LogP contribution in [-0.4, -0.2) is 8.42 Å². The largest absolute Gasteiger partial charge is 0.326 e. The van der Waals surface area contributed by atoms with Crippen molar-refractivity contribution in [2.24, 2.45) is 5.73 Å². The lowest BCUT2D eigenvalue weighted by atomic mass is 10.1. The number of hydrogen-bond acceptors (Lipinski definition) is 3. The summed E-state index contributed by atoms with van der Waals surface area (Å²) in [7, 11) is -4.04. The first-order chi connectivity index (χ1) is 9.92. The molecular formula is C14H14F2N2O2S. The average molecular weight is 312 g/mol. The summed E-state index contributed by atoms with van der Waals surface area (Å²) in [5.41, 5.74) is 7.09. The van der Waals surface area contributed by atoms with Crippen LogP contribution in [0.2, 0.25) is 0 Å². The van der Waals surface area contributed by atoms with Gasteiger partial charge in [-0.1, -0.05) is 24.3 Å². The maximum Gasteiger partial charge on any atom is 0.243 e. The number of hydrogen-bond donors (Lipinski definition) is 2. The van der Waals surface area contributed by atoms with Gasteiger partial charge in [-0.2, -0.15) is 0 Å². The van der Waals surface area contributed by atoms with E-state index in [4.69, 9.17) is 5.73 Å². The highest BCUT2D eigenvalue weighted by Gasteiger charge is 2.19. The van der Waals surface area contributed by atoms with E-state index in [1.165, 1.54) is 0 Å². The molecule has 2 aromatic carbocycles. The minimum atomic E-state index is -4.04. The van der Waals surface area contributed by atoms with Crippen molar-refractivity contribution >= 4 is 10.0 Å². The summed E-state index contributed by atoms with van der Waals surface area (Å²) in [6.45, 7) is 0.400. The standard InChI is InChI=1S/C14H14F2N2O2S/c15-12-5-6-14(13(16)7-12)21(19,20)18-9-11-3-1-10(8-17)2-4-11/h1-7,18H,8-9,17H2. The van der Waals surface area contributed by atoms with Crippen LogP contribution in [0.3, 0.4) is 0 Å². The maximum absolute atomic E-state index is 13.5. The first-order valence-electron chi connectivity index (χ1n) is 6.15. The van der Waals surface area contributed by atoms with E-state index in [2.05, 4.69) is 4.72 Å². The zero-order valence-electron chi connectivity index (χ0n) is 11.0. The third-order valence-corrected chi connectivity index (χ3v) is 4.34. The van der Waals surface area contributed by atoms with E-state index in [0.717, 1.165) is 17.7 Å². The first kappa shape index (κ1) is 15.6. The summed E-state index contributed by atoms with van der Waals surface area (Å²) < 4.78 is 52.5. The van der Waals surface area contributed by atoms with Gasteiger partial charge in [0.1, 0.15) is 16.5 Å². The van der Waals surface area contributed by atoms with Crippen LogP contribution in [0.25, 0.3) is 0 Å². The van der Waals surface area contributed by atoms with Gasteiger partial charge in [0.25, 0.3) is 0 Å². The van der Waals surface area contributed by atoms with Gasteiger partial charge >= 0.3 is 0 Å². The molecular weight excluding hydrogens is 298 g/mol. The van der Waals surface area contributed by atoms with Crippen LogP contribution in [0.15, 0.2) is 47.4 Å². The Labute approximate surface area is 121 Å². The quantitative estimate of drug-likeness (QED) is 0.886. The molecule has 0 saturated heterocycles. The predicted octanol–water partition coefficient (Wildman–Crippen LogP) is 1.90. The molecule has 2 rings (SSSR count). The Kier molecular flexibility index (Phi) is 4.66. The molecule has 112 valence electrons. The van der Waals surface area contributed by atoms with Crippen molar-refractivity contribution in [3.63, 3.8) is 0 Å². The smallest absolute Gasteiger partial charge is 0.243 e. The molecule has 0 saturated carbocycles. The van der Waals surface area contributed by atoms with Crippen LogP contribution in [-0.2, 0) is 23.1 Å². The lowest BCUT2D eigenvalue weighted by molar-refractivity contribution is 0.543. The van der Waals surface area contributed by atoms with E-state index in [0.29, 0.717) is 18.2 Å². The molecule has 0 atom stereocenters. The van der Waals surface area contributed by atoms with Crippen molar-refractivity contribution in [1.82, 2.24) is 4.72 Å². The summed E-state index contributed by atoms with van der Waals surface area (Å²) in [5.74, 6) is -1.95. The van der Waals surface area contributed by atoms with Gasteiger partial charge in [0, 0.05) is 19.2 Å². The Morgan fingerprint density at radius 3 is 2.19 bits per heavy atom. The number of rotatable bonds is 5. The molecule has 21 heavy (non-hydrogen) atoms. The van der Waals surface area contributed by atoms with E-state index in [-0.39, 0.29) is 6.54 Å². The van der Waals surface area contributed by atoms with Crippen molar-refractivity contribution in [2.45, 2.75) is 18.0 Å². The third-order valence-electron chi connectivity index (χ3n) is 2.91. The monoisotopic (exact) mass is 312 g/mol. The second kappa shape index (κ2) is 6.30. The van der Waals surface area contributed by atoms with Gasteiger partial charge in [-0.3, -0.25) is 0 Å². The van der Waals surface area contributed by atoms with E-state index in [1.807, 2.05) is 0 Å². The van der Waals surface area contributed by atoms with Crippen molar-refractivity contribution in [2.75, 3.05) is 0 Å². The summed E-state index contributed by atoms with van der Waals surface area (Å²) in [4.78, 5) is -0.581. The molecule has 0 heterocycles. The molecule has 0 fully saturated rings. The fraction of sp³-hybridized carbons (Fsp3) is 0.143. The molecule has 7 heteroatoms. The molecule has 0 aliphatic heterocycles. The van der Waals surface area contributed by atoms with Gasteiger partial charge in [-0.05, 0) is 23.3 Å². The van der Waals surface area contributed by atoms with Crippen molar-refractivity contribution in [3.8, 4) is 0 Å². The van der Waals surface area contributed by atoms with Gasteiger partial charge in [-0.15, -0.1) is 0 Å². The fourth-order valence-corrected chi connectivity index (χ4v) is 2.82. The zero-order chi connectivity index (χ0) is 15.5. The van der Waals surface area contributed by atoms with Crippen LogP contribution in [0.4, 0.5) is 8.78 Å². The van der Waals surface area contributed by atoms with Crippen molar-refractivity contribution in [1.29, 1.82) is 0 Å². The summed E-state index contributed by atoms with van der Waals surface area (Å²) in [5, 5.41) is 0. The van der Waals surface area contributed by atoms with E-state index in [9.17, 15) is 17.2 Å². The topological polar surface area (TPSA) is 72.2 Å². The normalized spacial score (nSPS) is 11.6. The summed E-state index contributed by atoms with van der Waals surface area (Å²) >= 11 is 0. The summed E-state index contributed by atoms with van der Waals surface area (Å²) in [6, 6.07) is 9.34. The molecule has 4 nitrogen and oxygen atoms in total. The lowest BCUT2D eigenvalue weighted by Crippen LogP contribution is -2.24. The van der Waals surface area contributed by atoms with Gasteiger partial charge in [0.05, 0.1) is 0 Å². The molecule has 0 unspecified atom stereocenters. The first-order valence-corrected chi connectivity index (χ1v) is 7.63. The van der Waals surface area contributed by atoms with E-state index in [1.54, 1.807) is 24.3 Å². The number of sulfonamides is 1. The van der Waals surface area contributed by atoms with Crippen LogP contribution in [0, 0.1) is 11.6 Å². The van der Waals surface area contributed by atoms with Crippen LogP contribution in [0.1, 0.15) is 11.1 Å². The molecule has 0 aliphatic rings. The Balaban J connectivity index is 2.13. The highest BCUT2D eigenvalue weighted by atomic mass is 32.2. The van der Waals surface area contributed by atoms with Crippen molar-refractivity contribution in [3.05, 3.63) is 65.2 Å². The Bertz CT molecular complexity index is 731. The Morgan fingerprint density at radius 1 is 1.00 bits per heavy atom. The van der Waals surface area contributed by atoms with E-state index >= 15 is 0 Å². The number of nitrogens with two attached hydrogens (primary N) is 1. The maximum atomic E-state index is 13.5. The number of benzene rings is 2. The zero-order valence-corrected chi connectivity index (χ0v) is 11.8. The van der Waals surface area contributed by atoms with Crippen LogP contribution in [0.5, 0.6) is 0 Å². The second-order valence-electron chi connectivity index (χ2n) is 4.42. The molecule has 3 N–H and O–H groups in total. The Morgan fingerprint density at radius 2 is 1.62 bits per heavy atom. The summed E-state index contributed by atoms with van der Waals surface area (Å²) in [6.07, 6.45) is 0. The average Bonchev–Trinajstić information content (AvgIpc) is 2.45. The lowest BCUT2D eigenvalue weighted by Gasteiger charge is -2.08. The molecule has 0 spiro atoms.